The van der Waals surface area contributed by atoms with Gasteiger partial charge in [-0.2, -0.15) is 0 Å². The van der Waals surface area contributed by atoms with Crippen LogP contribution in [0.3, 0.4) is 0 Å². The molecule has 2 aromatic carbocycles. The van der Waals surface area contributed by atoms with Gasteiger partial charge in [0.25, 0.3) is 5.91 Å². The molecule has 1 aliphatic rings. The van der Waals surface area contributed by atoms with Gasteiger partial charge in [-0.25, -0.2) is 4.79 Å². The number of hydrogen-bond donors (Lipinski definition) is 3. The van der Waals surface area contributed by atoms with Crippen molar-refractivity contribution in [2.24, 2.45) is 0 Å². The largest absolute Gasteiger partial charge is 0.495 e. The van der Waals surface area contributed by atoms with E-state index in [0.29, 0.717) is 27.7 Å². The maximum atomic E-state index is 13.0. The number of hydrogen-bond acceptors (Lipinski definition) is 3. The minimum atomic E-state index is -0.586. The molecular weight excluding hydrogens is 434 g/mol. The van der Waals surface area contributed by atoms with Crippen molar-refractivity contribution in [3.05, 3.63) is 68.8 Å². The van der Waals surface area contributed by atoms with Gasteiger partial charge >= 0.3 is 6.03 Å². The van der Waals surface area contributed by atoms with Gasteiger partial charge in [0, 0.05) is 15.2 Å². The zero-order chi connectivity index (χ0) is 19.6. The number of anilines is 1. The molecule has 6 nitrogen and oxygen atoms in total. The van der Waals surface area contributed by atoms with E-state index in [1.165, 1.54) is 7.11 Å². The number of carbonyl (C=O) groups is 2. The van der Waals surface area contributed by atoms with Crippen molar-refractivity contribution in [1.29, 1.82) is 0 Å². The lowest BCUT2D eigenvalue weighted by Crippen LogP contribution is -2.45. The third kappa shape index (κ3) is 4.26. The minimum Gasteiger partial charge on any atom is -0.495 e. The van der Waals surface area contributed by atoms with Crippen molar-refractivity contribution in [3.8, 4) is 5.75 Å². The van der Waals surface area contributed by atoms with Crippen LogP contribution in [0.15, 0.2) is 58.2 Å². The Morgan fingerprint density at radius 2 is 1.93 bits per heavy atom. The predicted octanol–water partition coefficient (Wildman–Crippen LogP) is 4.38. The lowest BCUT2D eigenvalue weighted by atomic mass is 9.95. The van der Waals surface area contributed by atoms with Gasteiger partial charge < -0.3 is 20.7 Å². The summed E-state index contributed by atoms with van der Waals surface area (Å²) in [6.45, 7) is 1.69. The number of carbonyl (C=O) groups excluding carboxylic acids is 2. The van der Waals surface area contributed by atoms with Gasteiger partial charge in [-0.3, -0.25) is 4.79 Å². The van der Waals surface area contributed by atoms with Crippen molar-refractivity contribution >= 4 is 45.2 Å². The SMILES string of the molecule is COc1ccc(Cl)cc1NC(=O)C1=C(C)NC(=O)NC1c1ccc(Br)cc1. The molecule has 0 aliphatic carbocycles. The van der Waals surface area contributed by atoms with Crippen LogP contribution in [-0.4, -0.2) is 19.0 Å². The van der Waals surface area contributed by atoms with Crippen LogP contribution < -0.4 is 20.7 Å². The molecule has 1 aliphatic heterocycles. The fourth-order valence-corrected chi connectivity index (χ4v) is 3.30. The predicted molar refractivity (Wildman–Crippen MR) is 108 cm³/mol. The van der Waals surface area contributed by atoms with E-state index in [1.807, 2.05) is 24.3 Å². The molecule has 0 saturated carbocycles. The van der Waals surface area contributed by atoms with E-state index < -0.39 is 6.04 Å². The standard InChI is InChI=1S/C19H17BrClN3O3/c1-10-16(18(25)23-14-9-13(21)7-8-15(14)27-2)17(24-19(26)22-10)11-3-5-12(20)6-4-11/h3-9,17H,1-2H3,(H,23,25)(H2,22,24,26). The van der Waals surface area contributed by atoms with Crippen LogP contribution in [0.25, 0.3) is 0 Å². The van der Waals surface area contributed by atoms with Gasteiger partial charge in [-0.05, 0) is 42.8 Å². The first kappa shape index (κ1) is 19.3. The maximum Gasteiger partial charge on any atom is 0.319 e. The van der Waals surface area contributed by atoms with E-state index >= 15 is 0 Å². The molecule has 27 heavy (non-hydrogen) atoms. The monoisotopic (exact) mass is 449 g/mol. The molecule has 0 spiro atoms. The number of ether oxygens (including phenoxy) is 1. The van der Waals surface area contributed by atoms with E-state index in [4.69, 9.17) is 16.3 Å². The molecule has 0 bridgehead atoms. The molecule has 3 amide bonds. The van der Waals surface area contributed by atoms with Crippen LogP contribution in [0.1, 0.15) is 18.5 Å². The van der Waals surface area contributed by atoms with E-state index in [-0.39, 0.29) is 11.9 Å². The first-order valence-electron chi connectivity index (χ1n) is 8.07. The fourth-order valence-electron chi connectivity index (χ4n) is 2.87. The number of methoxy groups -OCH3 is 1. The summed E-state index contributed by atoms with van der Waals surface area (Å²) in [7, 11) is 1.51. The van der Waals surface area contributed by atoms with Gasteiger partial charge in [0.2, 0.25) is 0 Å². The Labute approximate surface area is 170 Å². The van der Waals surface area contributed by atoms with E-state index in [9.17, 15) is 9.59 Å². The molecule has 2 aromatic rings. The van der Waals surface area contributed by atoms with Crippen LogP contribution in [0.4, 0.5) is 10.5 Å². The van der Waals surface area contributed by atoms with Crippen LogP contribution >= 0.6 is 27.5 Å². The lowest BCUT2D eigenvalue weighted by molar-refractivity contribution is -0.113. The Hall–Kier alpha value is -2.51. The highest BCUT2D eigenvalue weighted by Gasteiger charge is 2.31. The van der Waals surface area contributed by atoms with Gasteiger partial charge in [0.15, 0.2) is 0 Å². The van der Waals surface area contributed by atoms with Crippen molar-refractivity contribution in [3.63, 3.8) is 0 Å². The molecular formula is C19H17BrClN3O3. The number of allylic oxidation sites excluding steroid dienone is 1. The van der Waals surface area contributed by atoms with E-state index in [2.05, 4.69) is 31.9 Å². The molecule has 8 heteroatoms. The van der Waals surface area contributed by atoms with E-state index in [1.54, 1.807) is 25.1 Å². The summed E-state index contributed by atoms with van der Waals surface area (Å²) in [5.74, 6) is 0.118. The highest BCUT2D eigenvalue weighted by atomic mass is 79.9. The molecule has 140 valence electrons. The van der Waals surface area contributed by atoms with Crippen molar-refractivity contribution < 1.29 is 14.3 Å². The quantitative estimate of drug-likeness (QED) is 0.647. The molecule has 0 saturated heterocycles. The van der Waals surface area contributed by atoms with Gasteiger partial charge in [0.1, 0.15) is 5.75 Å². The van der Waals surface area contributed by atoms with Gasteiger partial charge in [-0.1, -0.05) is 39.7 Å². The second-order valence-corrected chi connectivity index (χ2v) is 7.27. The highest BCUT2D eigenvalue weighted by Crippen LogP contribution is 2.32. The summed E-state index contributed by atoms with van der Waals surface area (Å²) in [6, 6.07) is 11.4. The molecule has 1 unspecified atom stereocenters. The van der Waals surface area contributed by atoms with Crippen LogP contribution in [0.2, 0.25) is 5.02 Å². The van der Waals surface area contributed by atoms with Crippen molar-refractivity contribution in [2.75, 3.05) is 12.4 Å². The van der Waals surface area contributed by atoms with Gasteiger partial charge in [-0.15, -0.1) is 0 Å². The van der Waals surface area contributed by atoms with E-state index in [0.717, 1.165) is 10.0 Å². The Kier molecular flexibility index (Phi) is 5.72. The Morgan fingerprint density at radius 3 is 2.59 bits per heavy atom. The summed E-state index contributed by atoms with van der Waals surface area (Å²) in [5, 5.41) is 8.74. The zero-order valence-corrected chi connectivity index (χ0v) is 16.9. The molecule has 0 fully saturated rings. The molecule has 3 rings (SSSR count). The Balaban J connectivity index is 1.97. The first-order valence-corrected chi connectivity index (χ1v) is 9.24. The summed E-state index contributed by atoms with van der Waals surface area (Å²) < 4.78 is 6.18. The second-order valence-electron chi connectivity index (χ2n) is 5.92. The minimum absolute atomic E-state index is 0.364. The summed E-state index contributed by atoms with van der Waals surface area (Å²) in [4.78, 5) is 25.0. The normalized spacial score (nSPS) is 16.4. The summed E-state index contributed by atoms with van der Waals surface area (Å²) >= 11 is 9.42. The third-order valence-corrected chi connectivity index (χ3v) is 4.89. The zero-order valence-electron chi connectivity index (χ0n) is 14.6. The van der Waals surface area contributed by atoms with Crippen LogP contribution in [0.5, 0.6) is 5.75 Å². The second kappa shape index (κ2) is 8.02. The maximum absolute atomic E-state index is 13.0. The highest BCUT2D eigenvalue weighted by molar-refractivity contribution is 9.10. The van der Waals surface area contributed by atoms with Crippen LogP contribution in [0, 0.1) is 0 Å². The number of rotatable bonds is 4. The lowest BCUT2D eigenvalue weighted by Gasteiger charge is -2.29. The molecule has 0 aromatic heterocycles. The number of halogens is 2. The molecule has 1 heterocycles. The van der Waals surface area contributed by atoms with Crippen LogP contribution in [-0.2, 0) is 4.79 Å². The Morgan fingerprint density at radius 1 is 1.22 bits per heavy atom. The number of nitrogens with one attached hydrogen (secondary N) is 3. The molecule has 1 atom stereocenters. The first-order chi connectivity index (χ1) is 12.9. The smallest absolute Gasteiger partial charge is 0.319 e. The van der Waals surface area contributed by atoms with Crippen molar-refractivity contribution in [2.45, 2.75) is 13.0 Å². The number of urea groups is 1. The van der Waals surface area contributed by atoms with Crippen molar-refractivity contribution in [1.82, 2.24) is 10.6 Å². The molecule has 0 radical (unpaired) electrons. The molecule has 3 N–H and O–H groups in total. The summed E-state index contributed by atoms with van der Waals surface area (Å²) in [5.41, 5.74) is 2.11. The van der Waals surface area contributed by atoms with Gasteiger partial charge in [0.05, 0.1) is 24.4 Å². The summed E-state index contributed by atoms with van der Waals surface area (Å²) in [6.07, 6.45) is 0. The topological polar surface area (TPSA) is 79.5 Å². The number of amides is 3. The average Bonchev–Trinajstić information content (AvgIpc) is 2.61. The fraction of sp³-hybridized carbons (Fsp3) is 0.158. The average molecular weight is 451 g/mol. The number of benzene rings is 2. The third-order valence-electron chi connectivity index (χ3n) is 4.13. The Bertz CT molecular complexity index is 928.